The van der Waals surface area contributed by atoms with E-state index in [-0.39, 0.29) is 6.61 Å². The molecule has 0 aromatic carbocycles. The average Bonchev–Trinajstić information content (AvgIpc) is 2.48. The second kappa shape index (κ2) is 2.22. The largest absolute Gasteiger partial charge is 0.395 e. The average molecular weight is 139 g/mol. The van der Waals surface area contributed by atoms with Crippen LogP contribution in [0.25, 0.3) is 4.85 Å². The summed E-state index contributed by atoms with van der Waals surface area (Å²) in [5, 5.41) is 8.65. The Morgan fingerprint density at radius 2 is 2.60 bits per heavy atom. The molecule has 0 spiro atoms. The summed E-state index contributed by atoms with van der Waals surface area (Å²) in [4.78, 5) is 6.40. The van der Waals surface area contributed by atoms with Crippen molar-refractivity contribution in [2.75, 3.05) is 19.7 Å². The third kappa shape index (κ3) is 0.808. The molecule has 3 nitrogen and oxygen atoms in total. The summed E-state index contributed by atoms with van der Waals surface area (Å²) < 4.78 is 0. The molecule has 54 valence electrons. The van der Waals surface area contributed by atoms with Crippen molar-refractivity contribution < 1.29 is 5.11 Å². The Kier molecular flexibility index (Phi) is 1.37. The zero-order valence-corrected chi connectivity index (χ0v) is 5.82. The molecule has 2 atom stereocenters. The van der Waals surface area contributed by atoms with E-state index in [9.17, 15) is 0 Å². The number of likely N-dealkylation sites (tertiary alicyclic amines) is 1. The van der Waals surface area contributed by atoms with Crippen LogP contribution in [0.2, 0.25) is 0 Å². The normalized spacial score (nSPS) is 36.1. The van der Waals surface area contributed by atoms with Gasteiger partial charge in [0.2, 0.25) is 0 Å². The van der Waals surface area contributed by atoms with Crippen molar-refractivity contribution in [3.05, 3.63) is 4.85 Å². The minimum Gasteiger partial charge on any atom is -0.395 e. The fraction of sp³-hybridized carbons (Fsp3) is 0.857. The first-order chi connectivity index (χ1) is 4.90. The van der Waals surface area contributed by atoms with Crippen molar-refractivity contribution in [1.29, 1.82) is 0 Å². The van der Waals surface area contributed by atoms with Gasteiger partial charge in [0.15, 0.2) is 6.04 Å². The third-order valence-corrected chi connectivity index (χ3v) is 2.17. The van der Waals surface area contributed by atoms with Gasteiger partial charge in [-0.1, -0.05) is 4.85 Å². The topological polar surface area (TPSA) is 27.8 Å². The second-order valence-corrected chi connectivity index (χ2v) is 2.88. The van der Waals surface area contributed by atoms with Crippen molar-refractivity contribution >= 4 is 0 Å². The van der Waals surface area contributed by atoms with Crippen LogP contribution >= 0.6 is 0 Å². The maximum atomic E-state index is 8.65. The predicted molar refractivity (Wildman–Crippen MR) is 38.1 cm³/mol. The molecule has 2 heterocycles. The van der Waals surface area contributed by atoms with E-state index in [1.807, 2.05) is 0 Å². The summed E-state index contributed by atoms with van der Waals surface area (Å²) in [6.07, 6.45) is 1.12. The van der Waals surface area contributed by atoms with E-state index in [1.165, 1.54) is 0 Å². The van der Waals surface area contributed by atoms with Gasteiger partial charge < -0.3 is 5.11 Å². The van der Waals surface area contributed by atoms with E-state index in [4.69, 9.17) is 5.11 Å². The number of hydrogen-bond donors (Lipinski definition) is 1. The smallest absolute Gasteiger partial charge is 0.292 e. The predicted octanol–water partition coefficient (Wildman–Crippen LogP) is -0.232. The Balaban J connectivity index is 1.99. The van der Waals surface area contributed by atoms with Crippen LogP contribution in [-0.4, -0.2) is 41.8 Å². The van der Waals surface area contributed by atoms with Gasteiger partial charge in [-0.15, -0.1) is 0 Å². The van der Waals surface area contributed by atoms with Gasteiger partial charge in [0.1, 0.15) is 0 Å². The number of fused-ring (bicyclic) bond motifs is 2. The van der Waals surface area contributed by atoms with E-state index in [0.717, 1.165) is 19.5 Å². The van der Waals surface area contributed by atoms with Crippen molar-refractivity contribution in [1.82, 2.24) is 4.90 Å². The number of aliphatic hydroxyl groups is 1. The monoisotopic (exact) mass is 139 g/mol. The van der Waals surface area contributed by atoms with Gasteiger partial charge in [-0.2, -0.15) is 0 Å². The van der Waals surface area contributed by atoms with Gasteiger partial charge in [-0.3, -0.25) is 4.90 Å². The molecule has 0 saturated carbocycles. The van der Waals surface area contributed by atoms with Crippen LogP contribution in [0.5, 0.6) is 0 Å². The molecule has 1 saturated heterocycles. The minimum absolute atomic E-state index is 0.255. The molecule has 2 aliphatic rings. The van der Waals surface area contributed by atoms with Crippen molar-refractivity contribution in [2.45, 2.75) is 18.5 Å². The molecule has 0 aromatic heterocycles. The summed E-state index contributed by atoms with van der Waals surface area (Å²) in [6.45, 7) is 2.06. The fourth-order valence-electron chi connectivity index (χ4n) is 1.67. The molecule has 2 rings (SSSR count). The Hall–Kier alpha value is -0.590. The number of nitrogens with zero attached hydrogens (tertiary/aromatic N) is 2. The summed E-state index contributed by atoms with van der Waals surface area (Å²) >= 11 is 0. The highest BCUT2D eigenvalue weighted by Gasteiger charge is 2.44. The van der Waals surface area contributed by atoms with Crippen molar-refractivity contribution in [2.24, 2.45) is 0 Å². The van der Waals surface area contributed by atoms with Crippen molar-refractivity contribution in [3.8, 4) is 6.07 Å². The Morgan fingerprint density at radius 3 is 3.10 bits per heavy atom. The Labute approximate surface area is 60.1 Å². The molecule has 10 heavy (non-hydrogen) atoms. The van der Waals surface area contributed by atoms with Crippen LogP contribution in [0.15, 0.2) is 0 Å². The highest BCUT2D eigenvalue weighted by atomic mass is 16.3. The van der Waals surface area contributed by atoms with E-state index in [2.05, 4.69) is 15.8 Å². The first-order valence-corrected chi connectivity index (χ1v) is 3.70. The molecule has 3 heteroatoms. The van der Waals surface area contributed by atoms with Crippen molar-refractivity contribution in [3.63, 3.8) is 0 Å². The highest BCUT2D eigenvalue weighted by Crippen LogP contribution is 2.24. The molecule has 1 fully saturated rings. The van der Waals surface area contributed by atoms with Crippen LogP contribution in [-0.2, 0) is 0 Å². The number of rotatable bonds is 2. The second-order valence-electron chi connectivity index (χ2n) is 2.88. The van der Waals surface area contributed by atoms with E-state index in [0.29, 0.717) is 12.1 Å². The van der Waals surface area contributed by atoms with E-state index in [1.54, 1.807) is 0 Å². The molecular formula is C7H11N2O+. The molecule has 1 N–H and O–H groups in total. The Bertz CT molecular complexity index is 194. The molecule has 0 unspecified atom stereocenters. The lowest BCUT2D eigenvalue weighted by Gasteiger charge is -2.14. The molecule has 0 radical (unpaired) electrons. The highest BCUT2D eigenvalue weighted by molar-refractivity contribution is 5.18. The maximum absolute atomic E-state index is 8.65. The fourth-order valence-corrected chi connectivity index (χ4v) is 1.67. The first-order valence-electron chi connectivity index (χ1n) is 3.70. The standard InChI is InChI=1S/C7H11N2O/c10-2-1-9-5-6-3-7(9)4-8-6/h6-7,10H,1-3,5H2/q+1/t6-,7-/m0/s1. The number of β-amino-alcohol motifs (C(OH)–C–C–N with tert-alkyl or cyclic N) is 1. The molecule has 2 bridgehead atoms. The lowest BCUT2D eigenvalue weighted by Crippen LogP contribution is -2.32. The molecule has 0 amide bonds. The summed E-state index contributed by atoms with van der Waals surface area (Å²) in [7, 11) is 0. The number of hydrogen-bond acceptors (Lipinski definition) is 2. The third-order valence-electron chi connectivity index (χ3n) is 2.17. The van der Waals surface area contributed by atoms with Gasteiger partial charge in [-0.05, 0) is 0 Å². The number of aliphatic hydroxyl groups excluding tert-OH is 1. The van der Waals surface area contributed by atoms with Gasteiger partial charge >= 0.3 is 0 Å². The Morgan fingerprint density at radius 1 is 1.70 bits per heavy atom. The molecular weight excluding hydrogens is 128 g/mol. The van der Waals surface area contributed by atoms with Crippen LogP contribution in [0.3, 0.4) is 0 Å². The lowest BCUT2D eigenvalue weighted by molar-refractivity contribution is 0.202. The van der Waals surface area contributed by atoms with Crippen LogP contribution in [0, 0.1) is 6.07 Å². The minimum atomic E-state index is 0.255. The van der Waals surface area contributed by atoms with Crippen LogP contribution in [0.1, 0.15) is 6.42 Å². The molecule has 0 aliphatic carbocycles. The maximum Gasteiger partial charge on any atom is 0.292 e. The zero-order chi connectivity index (χ0) is 6.97. The summed E-state index contributed by atoms with van der Waals surface area (Å²) in [6, 6.07) is 3.93. The van der Waals surface area contributed by atoms with E-state index >= 15 is 0 Å². The lowest BCUT2D eigenvalue weighted by atomic mass is 10.2. The summed E-state index contributed by atoms with van der Waals surface area (Å²) in [5.74, 6) is 0. The summed E-state index contributed by atoms with van der Waals surface area (Å²) in [5.41, 5.74) is 0. The van der Waals surface area contributed by atoms with E-state index < -0.39 is 0 Å². The zero-order valence-electron chi connectivity index (χ0n) is 5.82. The van der Waals surface area contributed by atoms with Gasteiger partial charge in [0.05, 0.1) is 19.6 Å². The van der Waals surface area contributed by atoms with Crippen LogP contribution in [0.4, 0.5) is 0 Å². The van der Waals surface area contributed by atoms with Gasteiger partial charge in [-0.25, -0.2) is 0 Å². The van der Waals surface area contributed by atoms with Gasteiger partial charge in [0, 0.05) is 6.54 Å². The molecule has 2 aliphatic heterocycles. The molecule has 0 aromatic rings. The quantitative estimate of drug-likeness (QED) is 0.572. The first kappa shape index (κ1) is 6.14. The van der Waals surface area contributed by atoms with Crippen LogP contribution < -0.4 is 0 Å². The SMILES string of the molecule is OCCN1C[C@@H]2C[C@H]1C#[N+]2. The van der Waals surface area contributed by atoms with Gasteiger partial charge in [0.25, 0.3) is 12.1 Å².